The first-order valence-electron chi connectivity index (χ1n) is 9.40. The maximum atomic E-state index is 13.3. The van der Waals surface area contributed by atoms with Crippen molar-refractivity contribution in [3.8, 4) is 0 Å². The zero-order chi connectivity index (χ0) is 19.6. The Morgan fingerprint density at radius 3 is 2.56 bits per heavy atom. The number of thiazole rings is 1. The van der Waals surface area contributed by atoms with Gasteiger partial charge in [0.25, 0.3) is 5.91 Å². The van der Waals surface area contributed by atoms with Crippen molar-refractivity contribution in [1.29, 1.82) is 0 Å². The monoisotopic (exact) mass is 382 g/mol. The second-order valence-electron chi connectivity index (χ2n) is 7.53. The summed E-state index contributed by atoms with van der Waals surface area (Å²) in [6, 6.07) is 12.2. The summed E-state index contributed by atoms with van der Waals surface area (Å²) in [6.45, 7) is 7.89. The van der Waals surface area contributed by atoms with Gasteiger partial charge >= 0.3 is 0 Å². The minimum atomic E-state index is 0.0302. The zero-order valence-electron chi connectivity index (χ0n) is 16.8. The molecule has 0 unspecified atom stereocenters. The number of aromatic nitrogens is 1. The van der Waals surface area contributed by atoms with E-state index in [-0.39, 0.29) is 5.91 Å². The average Bonchev–Trinajstić information content (AvgIpc) is 3.03. The quantitative estimate of drug-likeness (QED) is 0.709. The van der Waals surface area contributed by atoms with Gasteiger partial charge in [-0.3, -0.25) is 9.69 Å². The summed E-state index contributed by atoms with van der Waals surface area (Å²) in [7, 11) is 4.27. The van der Waals surface area contributed by atoms with Gasteiger partial charge in [-0.05, 0) is 61.7 Å². The summed E-state index contributed by atoms with van der Waals surface area (Å²) >= 11 is 1.60. The highest BCUT2D eigenvalue weighted by Crippen LogP contribution is 2.30. The number of fused-ring (bicyclic) bond motifs is 1. The fourth-order valence-electron chi connectivity index (χ4n) is 3.04. The van der Waals surface area contributed by atoms with Gasteiger partial charge in [0.15, 0.2) is 5.13 Å². The van der Waals surface area contributed by atoms with E-state index in [1.54, 1.807) is 11.3 Å². The smallest absolute Gasteiger partial charge is 0.260 e. The molecule has 1 amide bonds. The van der Waals surface area contributed by atoms with Crippen LogP contribution in [0.5, 0.6) is 0 Å². The topological polar surface area (TPSA) is 37.6 Å². The van der Waals surface area contributed by atoms with Gasteiger partial charge < -0.3 is 4.90 Å². The number of carbonyl (C=O) groups is 1. The van der Waals surface area contributed by atoms with Gasteiger partial charge in [0.05, 0.1) is 30.9 Å². The molecule has 0 radical (unpaired) electrons. The van der Waals surface area contributed by atoms with Crippen LogP contribution in [-0.2, 0) is 0 Å². The number of amides is 1. The molecule has 142 valence electrons. The lowest BCUT2D eigenvalue weighted by Gasteiger charge is -2.21. The van der Waals surface area contributed by atoms with E-state index in [9.17, 15) is 4.79 Å². The lowest BCUT2D eigenvalue weighted by Crippen LogP contribution is -3.05. The normalized spacial score (nSPS) is 11.3. The van der Waals surface area contributed by atoms with Crippen LogP contribution in [0.1, 0.15) is 33.5 Å². The van der Waals surface area contributed by atoms with E-state index in [0.29, 0.717) is 6.54 Å². The summed E-state index contributed by atoms with van der Waals surface area (Å²) in [5.74, 6) is 0.0302. The highest BCUT2D eigenvalue weighted by molar-refractivity contribution is 7.22. The largest absolute Gasteiger partial charge is 0.340 e. The van der Waals surface area contributed by atoms with Gasteiger partial charge in [-0.15, -0.1) is 0 Å². The minimum Gasteiger partial charge on any atom is -0.340 e. The maximum Gasteiger partial charge on any atom is 0.260 e. The molecule has 1 heterocycles. The summed E-state index contributed by atoms with van der Waals surface area (Å²) in [5, 5.41) is 0.785. The molecule has 0 saturated heterocycles. The number of quaternary nitrogens is 1. The van der Waals surface area contributed by atoms with Gasteiger partial charge in [0.2, 0.25) is 0 Å². The molecule has 0 aliphatic rings. The molecular formula is C22H28N3OS+. The molecule has 1 aromatic heterocycles. The third-order valence-electron chi connectivity index (χ3n) is 4.82. The van der Waals surface area contributed by atoms with Crippen molar-refractivity contribution in [1.82, 2.24) is 4.98 Å². The molecule has 3 rings (SSSR count). The van der Waals surface area contributed by atoms with Crippen molar-refractivity contribution >= 4 is 32.6 Å². The van der Waals surface area contributed by atoms with E-state index < -0.39 is 0 Å². The molecular weight excluding hydrogens is 354 g/mol. The first-order chi connectivity index (χ1) is 12.8. The maximum absolute atomic E-state index is 13.3. The Bertz CT molecular complexity index is 961. The van der Waals surface area contributed by atoms with Crippen molar-refractivity contribution in [3.63, 3.8) is 0 Å². The highest BCUT2D eigenvalue weighted by atomic mass is 32.1. The van der Waals surface area contributed by atoms with Crippen molar-refractivity contribution < 1.29 is 9.69 Å². The molecule has 1 N–H and O–H groups in total. The van der Waals surface area contributed by atoms with E-state index in [0.717, 1.165) is 39.4 Å². The predicted molar refractivity (Wildman–Crippen MR) is 114 cm³/mol. The standard InChI is InChI=1S/C22H27N3OS/c1-15-7-10-19-20(13-15)27-22(23-19)25(12-6-11-24(4)5)21(26)18-9-8-16(2)17(3)14-18/h7-10,13-14H,6,11-12H2,1-5H3/p+1. The third kappa shape index (κ3) is 4.54. The molecule has 0 aliphatic carbocycles. The summed E-state index contributed by atoms with van der Waals surface area (Å²) in [4.78, 5) is 21.3. The Kier molecular flexibility index (Phi) is 5.92. The van der Waals surface area contributed by atoms with Crippen LogP contribution in [0.4, 0.5) is 5.13 Å². The molecule has 0 spiro atoms. The van der Waals surface area contributed by atoms with Crippen LogP contribution >= 0.6 is 11.3 Å². The average molecular weight is 383 g/mol. The Balaban J connectivity index is 1.95. The van der Waals surface area contributed by atoms with Crippen molar-refractivity contribution in [2.75, 3.05) is 32.1 Å². The third-order valence-corrected chi connectivity index (χ3v) is 5.86. The highest BCUT2D eigenvalue weighted by Gasteiger charge is 2.22. The van der Waals surface area contributed by atoms with Crippen molar-refractivity contribution in [3.05, 3.63) is 58.7 Å². The fourth-order valence-corrected chi connectivity index (χ4v) is 4.13. The molecule has 27 heavy (non-hydrogen) atoms. The van der Waals surface area contributed by atoms with Gasteiger partial charge in [-0.2, -0.15) is 0 Å². The number of hydrogen-bond donors (Lipinski definition) is 1. The molecule has 3 aromatic rings. The Morgan fingerprint density at radius 2 is 1.85 bits per heavy atom. The van der Waals surface area contributed by atoms with Gasteiger partial charge in [0, 0.05) is 18.5 Å². The molecule has 0 bridgehead atoms. The second kappa shape index (κ2) is 8.19. The number of nitrogens with zero attached hydrogens (tertiary/aromatic N) is 2. The summed E-state index contributed by atoms with van der Waals surface area (Å²) < 4.78 is 1.13. The zero-order valence-corrected chi connectivity index (χ0v) is 17.6. The van der Waals surface area contributed by atoms with Crippen LogP contribution in [0, 0.1) is 20.8 Å². The molecule has 0 fully saturated rings. The Labute approximate surface area is 165 Å². The van der Waals surface area contributed by atoms with E-state index >= 15 is 0 Å². The van der Waals surface area contributed by atoms with Crippen LogP contribution < -0.4 is 9.80 Å². The van der Waals surface area contributed by atoms with Crippen LogP contribution in [0.3, 0.4) is 0 Å². The predicted octanol–water partition coefficient (Wildman–Crippen LogP) is 3.40. The molecule has 4 nitrogen and oxygen atoms in total. The molecule has 0 aliphatic heterocycles. The SMILES string of the molecule is Cc1ccc2nc(N(CCC[NH+](C)C)C(=O)c3ccc(C)c(C)c3)sc2c1. The second-order valence-corrected chi connectivity index (χ2v) is 8.54. The summed E-state index contributed by atoms with van der Waals surface area (Å²) in [5.41, 5.74) is 5.23. The van der Waals surface area contributed by atoms with Crippen LogP contribution in [-0.4, -0.2) is 38.1 Å². The lowest BCUT2D eigenvalue weighted by atomic mass is 10.1. The first-order valence-corrected chi connectivity index (χ1v) is 10.2. The van der Waals surface area contributed by atoms with E-state index in [4.69, 9.17) is 4.98 Å². The van der Waals surface area contributed by atoms with E-state index in [1.165, 1.54) is 16.0 Å². The Morgan fingerprint density at radius 1 is 1.07 bits per heavy atom. The lowest BCUT2D eigenvalue weighted by molar-refractivity contribution is -0.858. The van der Waals surface area contributed by atoms with E-state index in [1.807, 2.05) is 36.1 Å². The van der Waals surface area contributed by atoms with Crippen LogP contribution in [0.25, 0.3) is 10.2 Å². The van der Waals surface area contributed by atoms with E-state index in [2.05, 4.69) is 40.1 Å². The summed E-state index contributed by atoms with van der Waals surface area (Å²) in [6.07, 6.45) is 0.938. The van der Waals surface area contributed by atoms with Crippen molar-refractivity contribution in [2.45, 2.75) is 27.2 Å². The number of nitrogens with one attached hydrogen (secondary N) is 1. The minimum absolute atomic E-state index is 0.0302. The molecule has 2 aromatic carbocycles. The number of anilines is 1. The number of aryl methyl sites for hydroxylation is 3. The Hall–Kier alpha value is -2.24. The number of rotatable bonds is 6. The van der Waals surface area contributed by atoms with Crippen molar-refractivity contribution in [2.24, 2.45) is 0 Å². The number of hydrogen-bond acceptors (Lipinski definition) is 3. The van der Waals surface area contributed by atoms with Crippen LogP contribution in [0.2, 0.25) is 0 Å². The number of carbonyl (C=O) groups excluding carboxylic acids is 1. The number of benzene rings is 2. The van der Waals surface area contributed by atoms with Crippen LogP contribution in [0.15, 0.2) is 36.4 Å². The fraction of sp³-hybridized carbons (Fsp3) is 0.364. The van der Waals surface area contributed by atoms with Gasteiger partial charge in [-0.25, -0.2) is 4.98 Å². The molecule has 0 atom stereocenters. The molecule has 5 heteroatoms. The van der Waals surface area contributed by atoms with Gasteiger partial charge in [-0.1, -0.05) is 23.5 Å². The molecule has 0 saturated carbocycles. The first kappa shape index (κ1) is 19.5. The van der Waals surface area contributed by atoms with Gasteiger partial charge in [0.1, 0.15) is 0 Å².